The summed E-state index contributed by atoms with van der Waals surface area (Å²) >= 11 is 3.43. The van der Waals surface area contributed by atoms with Crippen LogP contribution in [0.5, 0.6) is 0 Å². The number of halogens is 1. The molecule has 0 radical (unpaired) electrons. The van der Waals surface area contributed by atoms with Crippen molar-refractivity contribution in [3.05, 3.63) is 34.3 Å². The summed E-state index contributed by atoms with van der Waals surface area (Å²) in [6, 6.07) is 6.23. The first-order valence-electron chi connectivity index (χ1n) is 8.00. The van der Waals surface area contributed by atoms with Crippen molar-refractivity contribution in [2.75, 3.05) is 6.61 Å². The van der Waals surface area contributed by atoms with E-state index in [9.17, 15) is 14.4 Å². The van der Waals surface area contributed by atoms with Gasteiger partial charge in [-0.2, -0.15) is 0 Å². The maximum Gasteiger partial charge on any atom is 0.408 e. The van der Waals surface area contributed by atoms with E-state index < -0.39 is 29.1 Å². The third-order valence-corrected chi connectivity index (χ3v) is 4.81. The molecule has 0 saturated carbocycles. The number of Topliss-reactive ketones (excluding diaryl/α,β-unsaturated/α-hetero) is 1. The van der Waals surface area contributed by atoms with E-state index in [1.165, 1.54) is 6.92 Å². The van der Waals surface area contributed by atoms with Crippen molar-refractivity contribution < 1.29 is 23.9 Å². The standard InChI is InChI=1S/C18H22BrNO5/c1-11(21)18(9-10-24-15(18)22)14(12-7-5-6-8-13(12)19)20-16(23)25-17(2,3)4/h5-8,14H,9-10H2,1-4H3,(H,20,23)/t14-,18-/m0/s1. The highest BCUT2D eigenvalue weighted by atomic mass is 79.9. The molecule has 1 heterocycles. The zero-order valence-corrected chi connectivity index (χ0v) is 16.3. The Hall–Kier alpha value is -1.89. The molecule has 0 aromatic heterocycles. The van der Waals surface area contributed by atoms with Gasteiger partial charge in [0.25, 0.3) is 0 Å². The summed E-state index contributed by atoms with van der Waals surface area (Å²) in [5.41, 5.74) is -1.56. The van der Waals surface area contributed by atoms with E-state index in [1.54, 1.807) is 39.0 Å². The van der Waals surface area contributed by atoms with Crippen molar-refractivity contribution in [3.63, 3.8) is 0 Å². The largest absolute Gasteiger partial charge is 0.465 e. The number of hydrogen-bond acceptors (Lipinski definition) is 5. The molecule has 1 saturated heterocycles. The Labute approximate surface area is 155 Å². The fraction of sp³-hybridized carbons (Fsp3) is 0.500. The molecular weight excluding hydrogens is 390 g/mol. The lowest BCUT2D eigenvalue weighted by Crippen LogP contribution is -2.49. The van der Waals surface area contributed by atoms with Gasteiger partial charge < -0.3 is 14.8 Å². The summed E-state index contributed by atoms with van der Waals surface area (Å²) in [6.45, 7) is 6.70. The highest BCUT2D eigenvalue weighted by molar-refractivity contribution is 9.10. The molecule has 1 fully saturated rings. The van der Waals surface area contributed by atoms with Crippen LogP contribution in [0.2, 0.25) is 0 Å². The fourth-order valence-electron chi connectivity index (χ4n) is 2.92. The van der Waals surface area contributed by atoms with E-state index in [2.05, 4.69) is 21.2 Å². The second-order valence-corrected chi connectivity index (χ2v) is 7.87. The summed E-state index contributed by atoms with van der Waals surface area (Å²) in [5, 5.41) is 2.71. The van der Waals surface area contributed by atoms with Crippen molar-refractivity contribution in [2.24, 2.45) is 5.41 Å². The first-order valence-corrected chi connectivity index (χ1v) is 8.79. The Balaban J connectivity index is 2.49. The van der Waals surface area contributed by atoms with Gasteiger partial charge in [0, 0.05) is 10.9 Å². The molecule has 7 heteroatoms. The predicted octanol–water partition coefficient (Wildman–Crippen LogP) is 3.54. The van der Waals surface area contributed by atoms with Crippen LogP contribution in [-0.2, 0) is 19.1 Å². The fourth-order valence-corrected chi connectivity index (χ4v) is 3.44. The Morgan fingerprint density at radius 2 is 1.96 bits per heavy atom. The van der Waals surface area contributed by atoms with Gasteiger partial charge in [-0.05, 0) is 39.3 Å². The van der Waals surface area contributed by atoms with Crippen molar-refractivity contribution in [1.82, 2.24) is 5.32 Å². The van der Waals surface area contributed by atoms with Gasteiger partial charge in [0.1, 0.15) is 11.4 Å². The van der Waals surface area contributed by atoms with Crippen LogP contribution in [0.25, 0.3) is 0 Å². The molecule has 0 aliphatic carbocycles. The Morgan fingerprint density at radius 1 is 1.32 bits per heavy atom. The van der Waals surface area contributed by atoms with Gasteiger partial charge >= 0.3 is 12.1 Å². The van der Waals surface area contributed by atoms with Gasteiger partial charge in [-0.3, -0.25) is 9.59 Å². The number of alkyl carbamates (subject to hydrolysis) is 1. The summed E-state index contributed by atoms with van der Waals surface area (Å²) in [5.74, 6) is -0.983. The molecule has 0 bridgehead atoms. The number of hydrogen-bond donors (Lipinski definition) is 1. The van der Waals surface area contributed by atoms with Crippen molar-refractivity contribution >= 4 is 33.8 Å². The van der Waals surface area contributed by atoms with Crippen LogP contribution in [0.1, 0.15) is 45.7 Å². The SMILES string of the molecule is CC(=O)[C@]1([C@@H](NC(=O)OC(C)(C)C)c2ccccc2Br)CCOC1=O. The van der Waals surface area contributed by atoms with Crippen LogP contribution >= 0.6 is 15.9 Å². The lowest BCUT2D eigenvalue weighted by Gasteiger charge is -2.33. The van der Waals surface area contributed by atoms with E-state index in [-0.39, 0.29) is 18.8 Å². The molecular formula is C18H22BrNO5. The van der Waals surface area contributed by atoms with E-state index in [1.807, 2.05) is 6.07 Å². The number of cyclic esters (lactones) is 1. The predicted molar refractivity (Wildman–Crippen MR) is 94.9 cm³/mol. The molecule has 1 aromatic rings. The smallest absolute Gasteiger partial charge is 0.408 e. The number of esters is 1. The summed E-state index contributed by atoms with van der Waals surface area (Å²) in [7, 11) is 0. The quantitative estimate of drug-likeness (QED) is 0.605. The molecule has 0 spiro atoms. The molecule has 1 aliphatic rings. The van der Waals surface area contributed by atoms with Crippen molar-refractivity contribution in [3.8, 4) is 0 Å². The van der Waals surface area contributed by atoms with E-state index >= 15 is 0 Å². The van der Waals surface area contributed by atoms with Crippen LogP contribution < -0.4 is 5.32 Å². The lowest BCUT2D eigenvalue weighted by atomic mass is 9.73. The minimum Gasteiger partial charge on any atom is -0.465 e. The Kier molecular flexibility index (Phi) is 5.56. The highest BCUT2D eigenvalue weighted by Crippen LogP contribution is 2.45. The number of amides is 1. The topological polar surface area (TPSA) is 81.7 Å². The number of ether oxygens (including phenoxy) is 2. The first-order chi connectivity index (χ1) is 11.6. The van der Waals surface area contributed by atoms with E-state index in [0.717, 1.165) is 0 Å². The first kappa shape index (κ1) is 19.4. The number of benzene rings is 1. The minimum atomic E-state index is -1.47. The van der Waals surface area contributed by atoms with Gasteiger partial charge in [-0.1, -0.05) is 34.1 Å². The van der Waals surface area contributed by atoms with Gasteiger partial charge in [0.2, 0.25) is 0 Å². The minimum absolute atomic E-state index is 0.134. The maximum atomic E-state index is 12.5. The molecule has 136 valence electrons. The van der Waals surface area contributed by atoms with Gasteiger partial charge in [0.05, 0.1) is 12.6 Å². The normalized spacial score (nSPS) is 21.4. The van der Waals surface area contributed by atoms with Crippen LogP contribution in [0, 0.1) is 5.41 Å². The second kappa shape index (κ2) is 7.15. The van der Waals surface area contributed by atoms with Crippen LogP contribution in [0.4, 0.5) is 4.79 Å². The zero-order chi connectivity index (χ0) is 18.8. The number of nitrogens with one attached hydrogen (secondary N) is 1. The molecule has 0 unspecified atom stereocenters. The molecule has 1 aromatic carbocycles. The Morgan fingerprint density at radius 3 is 2.44 bits per heavy atom. The summed E-state index contributed by atoms with van der Waals surface area (Å²) in [4.78, 5) is 37.3. The molecule has 6 nitrogen and oxygen atoms in total. The molecule has 1 aliphatic heterocycles. The number of ketones is 1. The van der Waals surface area contributed by atoms with Gasteiger partial charge in [0.15, 0.2) is 5.41 Å². The van der Waals surface area contributed by atoms with Gasteiger partial charge in [-0.15, -0.1) is 0 Å². The zero-order valence-electron chi connectivity index (χ0n) is 14.7. The average Bonchev–Trinajstić information content (AvgIpc) is 2.86. The number of carbonyl (C=O) groups excluding carboxylic acids is 3. The number of rotatable bonds is 4. The molecule has 2 rings (SSSR count). The van der Waals surface area contributed by atoms with Crippen molar-refractivity contribution in [2.45, 2.75) is 45.8 Å². The molecule has 25 heavy (non-hydrogen) atoms. The van der Waals surface area contributed by atoms with Gasteiger partial charge in [-0.25, -0.2) is 4.79 Å². The number of carbonyl (C=O) groups is 3. The van der Waals surface area contributed by atoms with E-state index in [0.29, 0.717) is 10.0 Å². The van der Waals surface area contributed by atoms with E-state index in [4.69, 9.17) is 9.47 Å². The third kappa shape index (κ3) is 4.03. The molecule has 1 amide bonds. The molecule has 2 atom stereocenters. The third-order valence-electron chi connectivity index (χ3n) is 4.09. The second-order valence-electron chi connectivity index (χ2n) is 7.01. The Bertz CT molecular complexity index is 697. The van der Waals surface area contributed by atoms with Crippen molar-refractivity contribution in [1.29, 1.82) is 0 Å². The summed E-state index contributed by atoms with van der Waals surface area (Å²) < 4.78 is 11.1. The summed E-state index contributed by atoms with van der Waals surface area (Å²) in [6.07, 6.45) is -0.503. The van der Waals surface area contributed by atoms with Crippen LogP contribution in [0.3, 0.4) is 0 Å². The average molecular weight is 412 g/mol. The highest BCUT2D eigenvalue weighted by Gasteiger charge is 2.56. The maximum absolute atomic E-state index is 12.5. The molecule has 1 N–H and O–H groups in total. The monoisotopic (exact) mass is 411 g/mol. The lowest BCUT2D eigenvalue weighted by molar-refractivity contribution is -0.152. The van der Waals surface area contributed by atoms with Crippen LogP contribution in [0.15, 0.2) is 28.7 Å². The van der Waals surface area contributed by atoms with Crippen LogP contribution in [-0.4, -0.2) is 30.1 Å².